The summed E-state index contributed by atoms with van der Waals surface area (Å²) in [5.41, 5.74) is 0. The summed E-state index contributed by atoms with van der Waals surface area (Å²) in [5, 5.41) is -2.29. The van der Waals surface area contributed by atoms with E-state index in [4.69, 9.17) is 0 Å². The fourth-order valence-electron chi connectivity index (χ4n) is 3.05. The number of carbonyl (C=O) groups excluding carboxylic acids is 1. The van der Waals surface area contributed by atoms with Gasteiger partial charge in [-0.15, -0.1) is 0 Å². The van der Waals surface area contributed by atoms with Crippen LogP contribution in [0.25, 0.3) is 0 Å². The minimum atomic E-state index is -5.15. The first kappa shape index (κ1) is 36.8. The van der Waals surface area contributed by atoms with Crippen molar-refractivity contribution in [3.63, 3.8) is 0 Å². The third-order valence-corrected chi connectivity index (χ3v) is 6.83. The van der Waals surface area contributed by atoms with Gasteiger partial charge >= 0.3 is 59.1 Å². The minimum absolute atomic E-state index is 0. The molecule has 7 nitrogen and oxygen atoms in total. The predicted octanol–water partition coefficient (Wildman–Crippen LogP) is -1.94. The van der Waals surface area contributed by atoms with Crippen LogP contribution < -0.4 is 59.1 Å². The second-order valence-corrected chi connectivity index (χ2v) is 10.5. The first-order chi connectivity index (χ1) is 13.6. The van der Waals surface area contributed by atoms with Crippen molar-refractivity contribution in [2.45, 2.75) is 102 Å². The second-order valence-electron chi connectivity index (χ2n) is 7.51. The minimum Gasteiger partial charge on any atom is -0.748 e. The molecule has 31 heavy (non-hydrogen) atoms. The molecule has 0 fully saturated rings. The van der Waals surface area contributed by atoms with Crippen molar-refractivity contribution in [2.75, 3.05) is 5.75 Å². The molecule has 0 aromatic rings. The Morgan fingerprint density at radius 3 is 1.58 bits per heavy atom. The summed E-state index contributed by atoms with van der Waals surface area (Å²) in [4.78, 5) is 11.8. The third-order valence-electron chi connectivity index (χ3n) is 4.75. The van der Waals surface area contributed by atoms with Crippen molar-refractivity contribution in [1.82, 2.24) is 0 Å². The molecule has 0 amide bonds. The molecule has 0 aromatic carbocycles. The van der Waals surface area contributed by atoms with Gasteiger partial charge in [-0.1, -0.05) is 70.4 Å². The van der Waals surface area contributed by atoms with Crippen molar-refractivity contribution in [1.29, 1.82) is 0 Å². The first-order valence-electron chi connectivity index (χ1n) is 10.6. The van der Waals surface area contributed by atoms with Gasteiger partial charge in [-0.2, -0.15) is 0 Å². The Labute approximate surface area is 233 Å². The van der Waals surface area contributed by atoms with E-state index < -0.39 is 37.0 Å². The van der Waals surface area contributed by atoms with E-state index in [-0.39, 0.29) is 65.5 Å². The van der Waals surface area contributed by atoms with Crippen LogP contribution >= 0.6 is 0 Å². The maximum atomic E-state index is 11.8. The largest absolute Gasteiger partial charge is 1.00 e. The van der Waals surface area contributed by atoms with E-state index in [1.54, 1.807) is 0 Å². The SMILES string of the molecule is CCCCCCCCC=CCCCCCCCC(=O)C(CS(=O)(=O)[O-])S(=O)(=O)[O-].[Na+].[Na+]. The van der Waals surface area contributed by atoms with Crippen LogP contribution in [0.4, 0.5) is 0 Å². The molecule has 0 saturated carbocycles. The monoisotopic (exact) mass is 498 g/mol. The zero-order valence-corrected chi connectivity index (χ0v) is 25.1. The molecule has 1 atom stereocenters. The number of rotatable bonds is 19. The van der Waals surface area contributed by atoms with Crippen LogP contribution in [-0.4, -0.2) is 42.7 Å². The second kappa shape index (κ2) is 21.7. The molecule has 0 heterocycles. The molecular weight excluding hydrogens is 462 g/mol. The van der Waals surface area contributed by atoms with Crippen LogP contribution in [0.1, 0.15) is 96.8 Å². The quantitative estimate of drug-likeness (QED) is 0.0876. The maximum Gasteiger partial charge on any atom is 1.00 e. The number of ketones is 1. The Kier molecular flexibility index (Phi) is 25.8. The van der Waals surface area contributed by atoms with E-state index >= 15 is 0 Å². The summed E-state index contributed by atoms with van der Waals surface area (Å²) >= 11 is 0. The van der Waals surface area contributed by atoms with E-state index in [2.05, 4.69) is 19.1 Å². The van der Waals surface area contributed by atoms with Gasteiger partial charge in [0.15, 0.2) is 5.78 Å². The molecule has 0 N–H and O–H groups in total. The molecule has 0 aliphatic rings. The van der Waals surface area contributed by atoms with Crippen molar-refractivity contribution in [2.24, 2.45) is 0 Å². The molecule has 0 aliphatic heterocycles. The summed E-state index contributed by atoms with van der Waals surface area (Å²) in [6.07, 6.45) is 18.1. The summed E-state index contributed by atoms with van der Waals surface area (Å²) < 4.78 is 65.1. The molecule has 0 spiro atoms. The van der Waals surface area contributed by atoms with Crippen LogP contribution in [0.5, 0.6) is 0 Å². The van der Waals surface area contributed by atoms with E-state index in [0.717, 1.165) is 32.1 Å². The van der Waals surface area contributed by atoms with E-state index in [1.165, 1.54) is 38.5 Å². The van der Waals surface area contributed by atoms with Crippen molar-refractivity contribution < 1.29 is 89.9 Å². The molecule has 0 saturated heterocycles. The number of carbonyl (C=O) groups is 1. The summed E-state index contributed by atoms with van der Waals surface area (Å²) in [5.74, 6) is -2.47. The molecule has 0 aromatic heterocycles. The topological polar surface area (TPSA) is 131 Å². The standard InChI is InChI=1S/C20H38O7S2.2Na/c1-2-3-4-5-6-7-8-9-10-11-12-13-14-15-16-17-19(21)20(29(25,26)27)18-28(22,23)24;;/h9-10,20H,2-8,11-18H2,1H3,(H,22,23,24)(H,25,26,27);;/q;2*+1/p-2. The molecule has 11 heteroatoms. The van der Waals surface area contributed by atoms with E-state index in [9.17, 15) is 30.7 Å². The summed E-state index contributed by atoms with van der Waals surface area (Å²) in [7, 11) is -10.1. The normalized spacial score (nSPS) is 12.9. The van der Waals surface area contributed by atoms with E-state index in [0.29, 0.717) is 12.8 Å². The van der Waals surface area contributed by atoms with Gasteiger partial charge in [0.1, 0.15) is 15.4 Å². The Balaban J connectivity index is -0.00000392. The molecule has 0 bridgehead atoms. The van der Waals surface area contributed by atoms with Gasteiger partial charge < -0.3 is 9.11 Å². The maximum absolute atomic E-state index is 11.8. The molecule has 1 unspecified atom stereocenters. The fourth-order valence-corrected chi connectivity index (χ4v) is 5.22. The van der Waals surface area contributed by atoms with Crippen LogP contribution in [0.15, 0.2) is 12.2 Å². The molecule has 0 radical (unpaired) electrons. The Morgan fingerprint density at radius 2 is 1.16 bits per heavy atom. The van der Waals surface area contributed by atoms with Crippen molar-refractivity contribution in [3.05, 3.63) is 12.2 Å². The zero-order chi connectivity index (χ0) is 22.2. The summed E-state index contributed by atoms with van der Waals surface area (Å²) in [6.45, 7) is 2.21. The number of unbranched alkanes of at least 4 members (excludes halogenated alkanes) is 11. The van der Waals surface area contributed by atoms with Crippen LogP contribution in [0.2, 0.25) is 0 Å². The number of Topliss-reactive ketones (excluding diaryl/α,β-unsaturated/α-hetero) is 1. The molecular formula is C20H36Na2O7S2. The predicted molar refractivity (Wildman–Crippen MR) is 113 cm³/mol. The number of hydrogen-bond donors (Lipinski definition) is 0. The summed E-state index contributed by atoms with van der Waals surface area (Å²) in [6, 6.07) is 0. The Morgan fingerprint density at radius 1 is 0.742 bits per heavy atom. The van der Waals surface area contributed by atoms with Gasteiger partial charge in [-0.05, 0) is 32.1 Å². The van der Waals surface area contributed by atoms with Gasteiger partial charge in [-0.25, -0.2) is 16.8 Å². The molecule has 0 aliphatic carbocycles. The number of hydrogen-bond acceptors (Lipinski definition) is 7. The van der Waals surface area contributed by atoms with Gasteiger partial charge in [-0.3, -0.25) is 4.79 Å². The van der Waals surface area contributed by atoms with Crippen LogP contribution in [0, 0.1) is 0 Å². The Bertz CT molecular complexity index is 678. The number of allylic oxidation sites excluding steroid dienone is 2. The van der Waals surface area contributed by atoms with Gasteiger partial charge in [0.25, 0.3) is 0 Å². The first-order valence-corrected chi connectivity index (χ1v) is 13.7. The molecule has 172 valence electrons. The van der Waals surface area contributed by atoms with Crippen molar-refractivity contribution >= 4 is 26.0 Å². The molecule has 0 rings (SSSR count). The van der Waals surface area contributed by atoms with Gasteiger partial charge in [0, 0.05) is 6.42 Å². The van der Waals surface area contributed by atoms with Crippen LogP contribution in [-0.2, 0) is 25.0 Å². The average Bonchev–Trinajstić information content (AvgIpc) is 2.61. The average molecular weight is 499 g/mol. The van der Waals surface area contributed by atoms with Gasteiger partial charge in [0.2, 0.25) is 0 Å². The fraction of sp³-hybridized carbons (Fsp3) is 0.850. The smallest absolute Gasteiger partial charge is 0.748 e. The van der Waals surface area contributed by atoms with E-state index in [1.807, 2.05) is 0 Å². The van der Waals surface area contributed by atoms with Crippen molar-refractivity contribution in [3.8, 4) is 0 Å². The zero-order valence-electron chi connectivity index (χ0n) is 19.5. The van der Waals surface area contributed by atoms with Crippen LogP contribution in [0.3, 0.4) is 0 Å². The Hall–Kier alpha value is 1.23. The third kappa shape index (κ3) is 24.2. The van der Waals surface area contributed by atoms with Gasteiger partial charge in [0.05, 0.1) is 15.9 Å².